The molecule has 0 spiro atoms. The third-order valence-electron chi connectivity index (χ3n) is 4.41. The molecule has 0 fully saturated rings. The SMILES string of the molecule is CCNC(=NCC(O)c1ccc(OC(F)F)cc1)NCCN(C)Cc1ccc(F)cc1. The lowest BCUT2D eigenvalue weighted by molar-refractivity contribution is -0.0498. The van der Waals surface area contributed by atoms with Crippen LogP contribution >= 0.6 is 0 Å². The van der Waals surface area contributed by atoms with Crippen molar-refractivity contribution in [3.8, 4) is 5.75 Å². The Kier molecular flexibility index (Phi) is 10.1. The van der Waals surface area contributed by atoms with E-state index < -0.39 is 12.7 Å². The lowest BCUT2D eigenvalue weighted by atomic mass is 10.1. The predicted molar refractivity (Wildman–Crippen MR) is 115 cm³/mol. The minimum atomic E-state index is -2.89. The fourth-order valence-corrected chi connectivity index (χ4v) is 2.84. The fourth-order valence-electron chi connectivity index (χ4n) is 2.84. The van der Waals surface area contributed by atoms with Gasteiger partial charge < -0.3 is 25.4 Å². The van der Waals surface area contributed by atoms with Gasteiger partial charge in [0, 0.05) is 26.2 Å². The lowest BCUT2D eigenvalue weighted by Gasteiger charge is -2.18. The average molecular weight is 438 g/mol. The molecule has 3 N–H and O–H groups in total. The van der Waals surface area contributed by atoms with Crippen LogP contribution < -0.4 is 15.4 Å². The first-order valence-electron chi connectivity index (χ1n) is 10.1. The number of alkyl halides is 2. The van der Waals surface area contributed by atoms with Crippen molar-refractivity contribution in [1.82, 2.24) is 15.5 Å². The van der Waals surface area contributed by atoms with Crippen LogP contribution in [-0.2, 0) is 6.54 Å². The highest BCUT2D eigenvalue weighted by atomic mass is 19.3. The number of nitrogens with one attached hydrogen (secondary N) is 2. The first-order valence-corrected chi connectivity index (χ1v) is 10.1. The molecule has 2 rings (SSSR count). The fraction of sp³-hybridized carbons (Fsp3) is 0.409. The molecular formula is C22H29F3N4O2. The van der Waals surface area contributed by atoms with Gasteiger partial charge in [0.2, 0.25) is 0 Å². The number of guanidine groups is 1. The molecule has 2 aromatic carbocycles. The molecule has 31 heavy (non-hydrogen) atoms. The normalized spacial score (nSPS) is 12.8. The van der Waals surface area contributed by atoms with Crippen molar-refractivity contribution in [2.24, 2.45) is 4.99 Å². The van der Waals surface area contributed by atoms with Gasteiger partial charge in [-0.1, -0.05) is 24.3 Å². The van der Waals surface area contributed by atoms with E-state index in [4.69, 9.17) is 0 Å². The summed E-state index contributed by atoms with van der Waals surface area (Å²) >= 11 is 0. The van der Waals surface area contributed by atoms with Crippen LogP contribution in [0.5, 0.6) is 5.75 Å². The molecule has 0 radical (unpaired) electrons. The van der Waals surface area contributed by atoms with Crippen molar-refractivity contribution in [3.05, 3.63) is 65.5 Å². The Balaban J connectivity index is 1.81. The summed E-state index contributed by atoms with van der Waals surface area (Å²) in [5, 5.41) is 16.6. The number of ether oxygens (including phenoxy) is 1. The van der Waals surface area contributed by atoms with Crippen molar-refractivity contribution < 1.29 is 23.0 Å². The van der Waals surface area contributed by atoms with Crippen molar-refractivity contribution in [2.75, 3.05) is 33.2 Å². The van der Waals surface area contributed by atoms with Crippen LogP contribution in [0.3, 0.4) is 0 Å². The maximum absolute atomic E-state index is 13.0. The summed E-state index contributed by atoms with van der Waals surface area (Å²) in [6, 6.07) is 12.2. The molecule has 6 nitrogen and oxygen atoms in total. The van der Waals surface area contributed by atoms with E-state index in [0.717, 1.165) is 12.1 Å². The highest BCUT2D eigenvalue weighted by Gasteiger charge is 2.10. The number of hydrogen-bond acceptors (Lipinski definition) is 4. The second-order valence-corrected chi connectivity index (χ2v) is 6.97. The molecule has 2 aromatic rings. The van der Waals surface area contributed by atoms with E-state index in [9.17, 15) is 18.3 Å². The first kappa shape index (κ1) is 24.5. The van der Waals surface area contributed by atoms with Crippen LogP contribution in [-0.4, -0.2) is 55.8 Å². The van der Waals surface area contributed by atoms with Crippen molar-refractivity contribution in [1.29, 1.82) is 0 Å². The second-order valence-electron chi connectivity index (χ2n) is 6.97. The molecule has 0 aliphatic carbocycles. The van der Waals surface area contributed by atoms with E-state index in [-0.39, 0.29) is 18.1 Å². The molecule has 0 bridgehead atoms. The summed E-state index contributed by atoms with van der Waals surface area (Å²) in [4.78, 5) is 6.48. The summed E-state index contributed by atoms with van der Waals surface area (Å²) < 4.78 is 41.7. The van der Waals surface area contributed by atoms with Crippen LogP contribution in [0.4, 0.5) is 13.2 Å². The molecule has 0 heterocycles. The van der Waals surface area contributed by atoms with E-state index >= 15 is 0 Å². The van der Waals surface area contributed by atoms with Gasteiger partial charge >= 0.3 is 6.61 Å². The summed E-state index contributed by atoms with van der Waals surface area (Å²) in [6.07, 6.45) is -0.878. The van der Waals surface area contributed by atoms with Gasteiger partial charge in [-0.15, -0.1) is 0 Å². The maximum atomic E-state index is 13.0. The number of aliphatic imine (C=N–C) groups is 1. The van der Waals surface area contributed by atoms with Gasteiger partial charge in [-0.2, -0.15) is 8.78 Å². The van der Waals surface area contributed by atoms with Crippen LogP contribution in [0, 0.1) is 5.82 Å². The van der Waals surface area contributed by atoms with Crippen LogP contribution in [0.15, 0.2) is 53.5 Å². The number of benzene rings is 2. The van der Waals surface area contributed by atoms with Crippen LogP contribution in [0.2, 0.25) is 0 Å². The molecule has 0 saturated heterocycles. The smallest absolute Gasteiger partial charge is 0.387 e. The number of aliphatic hydroxyl groups excluding tert-OH is 1. The topological polar surface area (TPSA) is 69.1 Å². The van der Waals surface area contributed by atoms with E-state index in [2.05, 4.69) is 25.3 Å². The molecule has 0 aromatic heterocycles. The third-order valence-corrected chi connectivity index (χ3v) is 4.41. The highest BCUT2D eigenvalue weighted by molar-refractivity contribution is 5.79. The van der Waals surface area contributed by atoms with Gasteiger partial charge in [0.05, 0.1) is 12.6 Å². The maximum Gasteiger partial charge on any atom is 0.387 e. The van der Waals surface area contributed by atoms with Gasteiger partial charge in [-0.3, -0.25) is 4.99 Å². The minimum Gasteiger partial charge on any atom is -0.435 e. The van der Waals surface area contributed by atoms with Crippen molar-refractivity contribution in [2.45, 2.75) is 26.2 Å². The molecule has 0 saturated carbocycles. The Hall–Kier alpha value is -2.78. The van der Waals surface area contributed by atoms with Gasteiger partial charge in [0.1, 0.15) is 11.6 Å². The van der Waals surface area contributed by atoms with Crippen molar-refractivity contribution >= 4 is 5.96 Å². The largest absolute Gasteiger partial charge is 0.435 e. The van der Waals surface area contributed by atoms with Gasteiger partial charge in [0.15, 0.2) is 5.96 Å². The Bertz CT molecular complexity index is 801. The third kappa shape index (κ3) is 9.27. The van der Waals surface area contributed by atoms with Crippen LogP contribution in [0.1, 0.15) is 24.2 Å². The Morgan fingerprint density at radius 2 is 1.77 bits per heavy atom. The number of likely N-dealkylation sites (N-methyl/N-ethyl adjacent to an activating group) is 1. The molecule has 1 unspecified atom stereocenters. The van der Waals surface area contributed by atoms with Crippen LogP contribution in [0.25, 0.3) is 0 Å². The monoisotopic (exact) mass is 438 g/mol. The lowest BCUT2D eigenvalue weighted by Crippen LogP contribution is -2.41. The van der Waals surface area contributed by atoms with Gasteiger partial charge in [0.25, 0.3) is 0 Å². The molecule has 9 heteroatoms. The molecular weight excluding hydrogens is 409 g/mol. The number of aliphatic hydroxyl groups is 1. The summed E-state index contributed by atoms with van der Waals surface area (Å²) in [5.41, 5.74) is 1.58. The Morgan fingerprint density at radius 1 is 1.10 bits per heavy atom. The number of nitrogens with zero attached hydrogens (tertiary/aromatic N) is 2. The number of halogens is 3. The summed E-state index contributed by atoms with van der Waals surface area (Å²) in [7, 11) is 1.97. The van der Waals surface area contributed by atoms with E-state index in [1.165, 1.54) is 36.4 Å². The highest BCUT2D eigenvalue weighted by Crippen LogP contribution is 2.19. The molecule has 170 valence electrons. The van der Waals surface area contributed by atoms with E-state index in [1.807, 2.05) is 14.0 Å². The zero-order chi connectivity index (χ0) is 22.6. The molecule has 0 aliphatic heterocycles. The Labute approximate surface area is 180 Å². The van der Waals surface area contributed by atoms with Gasteiger partial charge in [-0.05, 0) is 49.4 Å². The quantitative estimate of drug-likeness (QED) is 0.372. The van der Waals surface area contributed by atoms with Gasteiger partial charge in [-0.25, -0.2) is 4.39 Å². The number of rotatable bonds is 11. The number of hydrogen-bond donors (Lipinski definition) is 3. The average Bonchev–Trinajstić information content (AvgIpc) is 2.73. The second kappa shape index (κ2) is 12.8. The standard InChI is InChI=1S/C22H29F3N4O2/c1-3-26-22(27-12-13-29(2)15-16-4-8-18(23)9-5-16)28-14-20(30)17-6-10-19(11-7-17)31-21(24)25/h4-11,20-21,30H,3,12-15H2,1-2H3,(H2,26,27,28). The molecule has 0 aliphatic rings. The molecule has 1 atom stereocenters. The zero-order valence-electron chi connectivity index (χ0n) is 17.7. The summed E-state index contributed by atoms with van der Waals surface area (Å²) in [5.74, 6) is 0.350. The van der Waals surface area contributed by atoms with E-state index in [1.54, 1.807) is 12.1 Å². The minimum absolute atomic E-state index is 0.0363. The zero-order valence-corrected chi connectivity index (χ0v) is 17.7. The summed E-state index contributed by atoms with van der Waals surface area (Å²) in [6.45, 7) is 1.87. The first-order chi connectivity index (χ1) is 14.9. The molecule has 0 amide bonds. The predicted octanol–water partition coefficient (Wildman–Crippen LogP) is 3.15. The van der Waals surface area contributed by atoms with E-state index in [0.29, 0.717) is 31.2 Å². The Morgan fingerprint density at radius 3 is 2.39 bits per heavy atom. The van der Waals surface area contributed by atoms with Crippen molar-refractivity contribution in [3.63, 3.8) is 0 Å².